The van der Waals surface area contributed by atoms with Gasteiger partial charge in [-0.3, -0.25) is 14.4 Å². The normalized spacial score (nSPS) is 12.7. The van der Waals surface area contributed by atoms with Crippen molar-refractivity contribution in [1.82, 2.24) is 0 Å². The van der Waals surface area contributed by atoms with E-state index in [1.54, 1.807) is 18.2 Å². The van der Waals surface area contributed by atoms with Crippen LogP contribution < -0.4 is 14.8 Å². The van der Waals surface area contributed by atoms with Crippen LogP contribution >= 0.6 is 0 Å². The number of ketones is 1. The fourth-order valence-corrected chi connectivity index (χ4v) is 3.06. The molecule has 1 amide bonds. The molecule has 0 spiro atoms. The summed E-state index contributed by atoms with van der Waals surface area (Å²) in [5, 5.41) is 2.68. The van der Waals surface area contributed by atoms with Crippen molar-refractivity contribution in [2.24, 2.45) is 0 Å². The number of carbonyl (C=O) groups excluding carboxylic acids is 3. The van der Waals surface area contributed by atoms with Crippen molar-refractivity contribution in [1.29, 1.82) is 0 Å². The van der Waals surface area contributed by atoms with Gasteiger partial charge in [0.15, 0.2) is 23.9 Å². The van der Waals surface area contributed by atoms with Crippen molar-refractivity contribution in [3.63, 3.8) is 0 Å². The topological polar surface area (TPSA) is 90.9 Å². The first-order valence-corrected chi connectivity index (χ1v) is 10.4. The maximum Gasteiger partial charge on any atom is 0.306 e. The molecule has 0 saturated carbocycles. The van der Waals surface area contributed by atoms with E-state index < -0.39 is 18.5 Å². The van der Waals surface area contributed by atoms with Gasteiger partial charge in [0.1, 0.15) is 0 Å². The summed E-state index contributed by atoms with van der Waals surface area (Å²) >= 11 is 0. The van der Waals surface area contributed by atoms with E-state index in [4.69, 9.17) is 14.2 Å². The van der Waals surface area contributed by atoms with Gasteiger partial charge >= 0.3 is 5.97 Å². The Hall–Kier alpha value is -3.35. The number of ether oxygens (including phenoxy) is 3. The number of hydrogen-bond acceptors (Lipinski definition) is 6. The molecule has 2 aromatic rings. The molecule has 0 radical (unpaired) electrons. The summed E-state index contributed by atoms with van der Waals surface area (Å²) in [5.41, 5.74) is 2.25. The molecular formula is C24H27NO6. The Morgan fingerprint density at radius 3 is 2.39 bits per heavy atom. The second kappa shape index (κ2) is 10.6. The van der Waals surface area contributed by atoms with Crippen molar-refractivity contribution in [2.45, 2.75) is 39.0 Å². The van der Waals surface area contributed by atoms with E-state index in [1.807, 2.05) is 24.3 Å². The Morgan fingerprint density at radius 1 is 0.968 bits per heavy atom. The second-order valence-corrected chi connectivity index (χ2v) is 7.62. The third kappa shape index (κ3) is 6.57. The van der Waals surface area contributed by atoms with Crippen LogP contribution in [0.25, 0.3) is 0 Å². The van der Waals surface area contributed by atoms with E-state index in [0.29, 0.717) is 41.9 Å². The average Bonchev–Trinajstić information content (AvgIpc) is 3.01. The van der Waals surface area contributed by atoms with Gasteiger partial charge in [-0.25, -0.2) is 0 Å². The number of esters is 1. The van der Waals surface area contributed by atoms with Crippen molar-refractivity contribution in [2.75, 3.05) is 25.1 Å². The fourth-order valence-electron chi connectivity index (χ4n) is 3.06. The molecule has 7 heteroatoms. The van der Waals surface area contributed by atoms with Crippen LogP contribution in [0.15, 0.2) is 42.5 Å². The van der Waals surface area contributed by atoms with Crippen LogP contribution in [0.1, 0.15) is 54.9 Å². The maximum absolute atomic E-state index is 12.4. The number of rotatable bonds is 8. The monoisotopic (exact) mass is 425 g/mol. The molecule has 0 aliphatic carbocycles. The molecule has 1 aliphatic rings. The van der Waals surface area contributed by atoms with Crippen LogP contribution in [0.5, 0.6) is 11.5 Å². The van der Waals surface area contributed by atoms with Gasteiger partial charge in [0, 0.05) is 24.1 Å². The van der Waals surface area contributed by atoms with Crippen molar-refractivity contribution in [3.8, 4) is 11.5 Å². The third-order valence-electron chi connectivity index (χ3n) is 4.85. The van der Waals surface area contributed by atoms with Gasteiger partial charge in [-0.1, -0.05) is 26.0 Å². The third-order valence-corrected chi connectivity index (χ3v) is 4.85. The fraction of sp³-hybridized carbons (Fsp3) is 0.375. The van der Waals surface area contributed by atoms with E-state index in [-0.39, 0.29) is 18.6 Å². The molecule has 3 rings (SSSR count). The van der Waals surface area contributed by atoms with Gasteiger partial charge in [-0.05, 0) is 41.8 Å². The first kappa shape index (κ1) is 22.3. The van der Waals surface area contributed by atoms with Crippen molar-refractivity contribution in [3.05, 3.63) is 53.6 Å². The number of Topliss-reactive ketones (excluding diaryl/α,β-unsaturated/α-hetero) is 1. The zero-order chi connectivity index (χ0) is 22.2. The lowest BCUT2D eigenvalue weighted by atomic mass is 10.0. The molecule has 7 nitrogen and oxygen atoms in total. The number of benzene rings is 2. The summed E-state index contributed by atoms with van der Waals surface area (Å²) in [4.78, 5) is 36.3. The van der Waals surface area contributed by atoms with Crippen molar-refractivity contribution >= 4 is 23.3 Å². The molecule has 0 saturated heterocycles. The molecule has 0 unspecified atom stereocenters. The molecule has 31 heavy (non-hydrogen) atoms. The SMILES string of the molecule is CC(C)c1ccc(NC(=O)COC(=O)CCC(=O)c2ccc3c(c2)OCCCO3)cc1. The second-order valence-electron chi connectivity index (χ2n) is 7.62. The summed E-state index contributed by atoms with van der Waals surface area (Å²) in [6.07, 6.45) is 0.654. The molecular weight excluding hydrogens is 398 g/mol. The van der Waals surface area contributed by atoms with E-state index in [9.17, 15) is 14.4 Å². The molecule has 0 fully saturated rings. The minimum atomic E-state index is -0.604. The number of fused-ring (bicyclic) bond motifs is 1. The summed E-state index contributed by atoms with van der Waals surface area (Å²) in [6.45, 7) is 4.88. The summed E-state index contributed by atoms with van der Waals surface area (Å²) < 4.78 is 16.1. The highest BCUT2D eigenvalue weighted by atomic mass is 16.5. The van der Waals surface area contributed by atoms with Crippen LogP contribution in [-0.2, 0) is 14.3 Å². The molecule has 1 N–H and O–H groups in total. The molecule has 0 atom stereocenters. The number of amides is 1. The molecule has 1 heterocycles. The zero-order valence-electron chi connectivity index (χ0n) is 17.8. The van der Waals surface area contributed by atoms with Crippen molar-refractivity contribution < 1.29 is 28.6 Å². The molecule has 2 aromatic carbocycles. The van der Waals surface area contributed by atoms with E-state index >= 15 is 0 Å². The first-order valence-electron chi connectivity index (χ1n) is 10.4. The van der Waals surface area contributed by atoms with Crippen LogP contribution in [0.4, 0.5) is 5.69 Å². The van der Waals surface area contributed by atoms with E-state index in [1.165, 1.54) is 5.56 Å². The minimum absolute atomic E-state index is 0.0171. The lowest BCUT2D eigenvalue weighted by Crippen LogP contribution is -2.21. The number of anilines is 1. The highest BCUT2D eigenvalue weighted by molar-refractivity contribution is 5.98. The summed E-state index contributed by atoms with van der Waals surface area (Å²) in [7, 11) is 0. The number of carbonyl (C=O) groups is 3. The first-order chi connectivity index (χ1) is 14.9. The lowest BCUT2D eigenvalue weighted by Gasteiger charge is -2.09. The Morgan fingerprint density at radius 2 is 1.68 bits per heavy atom. The predicted molar refractivity (Wildman–Crippen MR) is 116 cm³/mol. The Bertz CT molecular complexity index is 936. The van der Waals surface area contributed by atoms with E-state index in [0.717, 1.165) is 6.42 Å². The highest BCUT2D eigenvalue weighted by Crippen LogP contribution is 2.30. The highest BCUT2D eigenvalue weighted by Gasteiger charge is 2.16. The Labute approximate surface area is 181 Å². The molecule has 164 valence electrons. The van der Waals surface area contributed by atoms with Crippen LogP contribution in [0.3, 0.4) is 0 Å². The molecule has 1 aliphatic heterocycles. The summed E-state index contributed by atoms with van der Waals surface area (Å²) in [5.74, 6) is 0.303. The smallest absolute Gasteiger partial charge is 0.306 e. The van der Waals surface area contributed by atoms with Crippen LogP contribution in [0.2, 0.25) is 0 Å². The Balaban J connectivity index is 1.42. The number of hydrogen-bond donors (Lipinski definition) is 1. The van der Waals surface area contributed by atoms with E-state index in [2.05, 4.69) is 19.2 Å². The van der Waals surface area contributed by atoms with Gasteiger partial charge in [0.25, 0.3) is 5.91 Å². The largest absolute Gasteiger partial charge is 0.490 e. The molecule has 0 aromatic heterocycles. The lowest BCUT2D eigenvalue weighted by molar-refractivity contribution is -0.147. The predicted octanol–water partition coefficient (Wildman–Crippen LogP) is 4.12. The van der Waals surface area contributed by atoms with Crippen LogP contribution in [0, 0.1) is 0 Å². The standard InChI is InChI=1S/C24H27NO6/c1-16(2)17-4-7-19(8-5-17)25-23(27)15-31-24(28)11-9-20(26)18-6-10-21-22(14-18)30-13-3-12-29-21/h4-8,10,14,16H,3,9,11-13,15H2,1-2H3,(H,25,27). The van der Waals surface area contributed by atoms with Gasteiger partial charge < -0.3 is 19.5 Å². The van der Waals surface area contributed by atoms with Gasteiger partial charge in [-0.15, -0.1) is 0 Å². The summed E-state index contributed by atoms with van der Waals surface area (Å²) in [6, 6.07) is 12.5. The minimum Gasteiger partial charge on any atom is -0.490 e. The molecule has 0 bridgehead atoms. The van der Waals surface area contributed by atoms with Gasteiger partial charge in [0.05, 0.1) is 19.6 Å². The Kier molecular flexibility index (Phi) is 7.65. The van der Waals surface area contributed by atoms with Crippen LogP contribution in [-0.4, -0.2) is 37.5 Å². The maximum atomic E-state index is 12.4. The average molecular weight is 425 g/mol. The van der Waals surface area contributed by atoms with Gasteiger partial charge in [0.2, 0.25) is 0 Å². The zero-order valence-corrected chi connectivity index (χ0v) is 17.8. The number of nitrogens with one attached hydrogen (secondary N) is 1. The quantitative estimate of drug-likeness (QED) is 0.505. The van der Waals surface area contributed by atoms with Gasteiger partial charge in [-0.2, -0.15) is 0 Å².